The van der Waals surface area contributed by atoms with Crippen LogP contribution in [0.25, 0.3) is 0 Å². The van der Waals surface area contributed by atoms with Crippen molar-refractivity contribution in [2.75, 3.05) is 39.6 Å². The van der Waals surface area contributed by atoms with E-state index in [1.54, 1.807) is 0 Å². The van der Waals surface area contributed by atoms with E-state index in [-0.39, 0.29) is 19.3 Å². The topological polar surface area (TPSA) is 231 Å². The first-order valence-corrected chi connectivity index (χ1v) is 46.4. The third-order valence-corrected chi connectivity index (χ3v) is 19.4. The number of unbranched alkanes of at least 4 members (excludes halogenated alkanes) is 23. The Hall–Kier alpha value is -5.87. The molecule has 113 heavy (non-hydrogen) atoms. The number of phosphoric acid groups is 2. The highest BCUT2D eigenvalue weighted by Gasteiger charge is 2.29. The van der Waals surface area contributed by atoms with E-state index in [9.17, 15) is 43.5 Å². The number of aliphatic hydroxyl groups excluding tert-OH is 2. The van der Waals surface area contributed by atoms with Crippen molar-refractivity contribution < 1.29 is 75.8 Å². The summed E-state index contributed by atoms with van der Waals surface area (Å²) in [6, 6.07) is 0. The minimum atomic E-state index is -4.97. The quantitative estimate of drug-likeness (QED) is 0.0146. The summed E-state index contributed by atoms with van der Waals surface area (Å²) < 4.78 is 61.2. The van der Waals surface area contributed by atoms with E-state index < -0.39 is 91.5 Å². The first-order chi connectivity index (χ1) is 55.2. The molecule has 0 fully saturated rings. The summed E-state index contributed by atoms with van der Waals surface area (Å²) in [5, 5.41) is 20.7. The smallest absolute Gasteiger partial charge is 0.463 e. The van der Waals surface area contributed by atoms with Gasteiger partial charge in [-0.15, -0.1) is 0 Å². The number of esters is 3. The highest BCUT2D eigenvalue weighted by molar-refractivity contribution is 7.47. The van der Waals surface area contributed by atoms with E-state index in [1.807, 2.05) is 0 Å². The summed E-state index contributed by atoms with van der Waals surface area (Å²) in [5.41, 5.74) is 0. The molecule has 0 saturated carbocycles. The van der Waals surface area contributed by atoms with Gasteiger partial charge in [0, 0.05) is 19.3 Å². The predicted octanol–water partition coefficient (Wildman–Crippen LogP) is 26.4. The van der Waals surface area contributed by atoms with Gasteiger partial charge in [0.15, 0.2) is 6.10 Å². The zero-order valence-electron chi connectivity index (χ0n) is 70.2. The largest absolute Gasteiger partial charge is 0.472 e. The number of phosphoric ester groups is 2. The van der Waals surface area contributed by atoms with Crippen molar-refractivity contribution >= 4 is 33.6 Å². The molecule has 0 amide bonds. The van der Waals surface area contributed by atoms with Gasteiger partial charge in [-0.2, -0.15) is 0 Å². The third-order valence-electron chi connectivity index (χ3n) is 17.5. The molecule has 0 aliphatic carbocycles. The lowest BCUT2D eigenvalue weighted by Crippen LogP contribution is -2.30. The molecule has 0 aliphatic rings. The molecule has 18 heteroatoms. The van der Waals surface area contributed by atoms with Gasteiger partial charge in [-0.1, -0.05) is 337 Å². The van der Waals surface area contributed by atoms with Gasteiger partial charge in [0.05, 0.1) is 26.4 Å². The second-order valence-electron chi connectivity index (χ2n) is 28.2. The lowest BCUT2D eigenvalue weighted by atomic mass is 10.0. The Balaban J connectivity index is 4.58. The number of carbonyl (C=O) groups excluding carboxylic acids is 3. The molecule has 0 heterocycles. The van der Waals surface area contributed by atoms with Crippen LogP contribution in [-0.2, 0) is 55.8 Å². The number of hydrogen-bond donors (Lipinski definition) is 4. The fourth-order valence-electron chi connectivity index (χ4n) is 11.0. The van der Waals surface area contributed by atoms with E-state index in [0.29, 0.717) is 25.7 Å². The molecule has 16 nitrogen and oxygen atoms in total. The third kappa shape index (κ3) is 86.8. The van der Waals surface area contributed by atoms with Gasteiger partial charge in [-0.05, 0) is 167 Å². The predicted molar refractivity (Wildman–Crippen MR) is 472 cm³/mol. The molecule has 0 aliphatic heterocycles. The number of hydrogen-bond acceptors (Lipinski definition) is 14. The molecule has 0 bridgehead atoms. The van der Waals surface area contributed by atoms with Crippen LogP contribution in [0, 0.1) is 0 Å². The monoisotopic (exact) mass is 1610 g/mol. The van der Waals surface area contributed by atoms with Crippen LogP contribution in [0.3, 0.4) is 0 Å². The Morgan fingerprint density at radius 3 is 0.717 bits per heavy atom. The van der Waals surface area contributed by atoms with Crippen LogP contribution in [0.4, 0.5) is 0 Å². The molecule has 0 spiro atoms. The molecule has 0 aromatic heterocycles. The van der Waals surface area contributed by atoms with Gasteiger partial charge in [0.2, 0.25) is 0 Å². The number of rotatable bonds is 80. The van der Waals surface area contributed by atoms with Crippen LogP contribution in [0.15, 0.2) is 207 Å². The summed E-state index contributed by atoms with van der Waals surface area (Å²) in [5.74, 6) is -1.69. The first kappa shape index (κ1) is 107. The summed E-state index contributed by atoms with van der Waals surface area (Å²) in [4.78, 5) is 58.8. The van der Waals surface area contributed by atoms with Gasteiger partial charge >= 0.3 is 33.6 Å². The van der Waals surface area contributed by atoms with Crippen LogP contribution in [0.2, 0.25) is 0 Å². The van der Waals surface area contributed by atoms with E-state index >= 15 is 0 Å². The maximum absolute atomic E-state index is 13.0. The molecule has 4 N–H and O–H groups in total. The molecule has 640 valence electrons. The van der Waals surface area contributed by atoms with E-state index in [0.717, 1.165) is 148 Å². The Morgan fingerprint density at radius 2 is 0.442 bits per heavy atom. The van der Waals surface area contributed by atoms with Crippen molar-refractivity contribution in [1.29, 1.82) is 0 Å². The lowest BCUT2D eigenvalue weighted by Gasteiger charge is -2.21. The van der Waals surface area contributed by atoms with Crippen molar-refractivity contribution in [2.24, 2.45) is 0 Å². The second-order valence-corrected chi connectivity index (χ2v) is 31.1. The zero-order chi connectivity index (χ0) is 82.2. The lowest BCUT2D eigenvalue weighted by molar-refractivity contribution is -0.161. The van der Waals surface area contributed by atoms with E-state index in [1.165, 1.54) is 103 Å². The molecular formula is C95H154O16P2. The van der Waals surface area contributed by atoms with Crippen LogP contribution in [0.1, 0.15) is 316 Å². The van der Waals surface area contributed by atoms with Crippen molar-refractivity contribution in [1.82, 2.24) is 0 Å². The minimum absolute atomic E-state index is 0.0313. The standard InChI is InChI=1S/C95H154O16P2/c1-4-7-10-13-16-19-22-25-28-31-34-37-38-39-40-41-42-43-44-45-46-47-48-49-50-53-55-57-60-63-66-69-72-75-78-81-93(98)105-84-90(96)85-107-112(101,102)108-86-91(97)87-109-113(103,104)110-89-92(111-95(100)83-80-77-74-71-68-65-62-59-56-52-36-33-30-27-24-21-18-15-12-9-6-3)88-106-94(99)82-79-76-73-70-67-64-61-58-54-51-35-32-29-26-23-20-17-14-11-8-5-2/h7-12,16-21,25-30,34-37,39-40,51-52,58-59,61-62,67-68,70-71,90-92,96-97H,4-6,13-15,22-24,31-33,38,41-50,53-57,60,63-66,69,72-89H2,1-3H3,(H,101,102)(H,103,104)/b10-7-,11-8-,12-9-,19-16-,20-17-,21-18-,28-25-,29-26-,30-27-,37-34-,40-39-,51-35-,52-36-,61-58-,62-59-,70-67-,71-68-. The average Bonchev–Trinajstić information content (AvgIpc) is 0.902. The SMILES string of the molecule is CC/C=C\C/C=C\C/C=C\C/C=C\C/C=C\C/C=C\CCCCC(=O)OCC(COP(=O)(O)OCC(O)COP(=O)(O)OCC(O)COC(=O)CCCCCCCCCCCCCCCCCCCCC/C=C\C/C=C\C/C=C\C/C=C\C/C=C\CC)OC(=O)CCCC/C=C\C/C=C\C/C=C\C/C=C\C/C=C\C/C=C\CC. The van der Waals surface area contributed by atoms with Gasteiger partial charge in [0.25, 0.3) is 0 Å². The van der Waals surface area contributed by atoms with Crippen molar-refractivity contribution in [3.63, 3.8) is 0 Å². The molecule has 0 aromatic rings. The van der Waals surface area contributed by atoms with Crippen molar-refractivity contribution in [3.8, 4) is 0 Å². The minimum Gasteiger partial charge on any atom is -0.463 e. The summed E-state index contributed by atoms with van der Waals surface area (Å²) in [6.07, 6.45) is 115. The maximum Gasteiger partial charge on any atom is 0.472 e. The van der Waals surface area contributed by atoms with Crippen molar-refractivity contribution in [3.05, 3.63) is 207 Å². The van der Waals surface area contributed by atoms with Gasteiger partial charge < -0.3 is 34.2 Å². The Bertz CT molecular complexity index is 2880. The normalized spacial score (nSPS) is 14.9. The molecule has 0 rings (SSSR count). The van der Waals surface area contributed by atoms with Crippen LogP contribution >= 0.6 is 15.6 Å². The second kappa shape index (κ2) is 85.5. The fourth-order valence-corrected chi connectivity index (χ4v) is 12.6. The maximum atomic E-state index is 13.0. The highest BCUT2D eigenvalue weighted by Crippen LogP contribution is 2.45. The Morgan fingerprint density at radius 1 is 0.248 bits per heavy atom. The number of carbonyl (C=O) groups is 3. The summed E-state index contributed by atoms with van der Waals surface area (Å²) in [6.45, 7) is 2.23. The fraction of sp³-hybridized carbons (Fsp3) is 0.611. The van der Waals surface area contributed by atoms with E-state index in [2.05, 4.69) is 227 Å². The zero-order valence-corrected chi connectivity index (χ0v) is 72.0. The molecule has 0 aromatic carbocycles. The van der Waals surface area contributed by atoms with Gasteiger partial charge in [-0.25, -0.2) is 9.13 Å². The van der Waals surface area contributed by atoms with Gasteiger partial charge in [0.1, 0.15) is 25.4 Å². The highest BCUT2D eigenvalue weighted by atomic mass is 31.2. The van der Waals surface area contributed by atoms with E-state index in [4.69, 9.17) is 32.3 Å². The van der Waals surface area contributed by atoms with Gasteiger partial charge in [-0.3, -0.25) is 32.5 Å². The van der Waals surface area contributed by atoms with Crippen LogP contribution in [-0.4, -0.2) is 95.9 Å². The molecule has 5 unspecified atom stereocenters. The van der Waals surface area contributed by atoms with Crippen molar-refractivity contribution in [2.45, 2.75) is 334 Å². The van der Waals surface area contributed by atoms with Crippen LogP contribution < -0.4 is 0 Å². The Kier molecular flexibility index (Phi) is 81.1. The first-order valence-electron chi connectivity index (χ1n) is 43.4. The molecular weight excluding hydrogens is 1460 g/mol. The summed E-state index contributed by atoms with van der Waals surface area (Å²) in [7, 11) is -9.84. The molecule has 5 atom stereocenters. The Labute approximate surface area is 686 Å². The van der Waals surface area contributed by atoms with Crippen LogP contribution in [0.5, 0.6) is 0 Å². The number of allylic oxidation sites excluding steroid dienone is 34. The summed E-state index contributed by atoms with van der Waals surface area (Å²) >= 11 is 0. The number of ether oxygens (including phenoxy) is 3. The molecule has 0 saturated heterocycles. The molecule has 0 radical (unpaired) electrons. The number of aliphatic hydroxyl groups is 2. The average molecular weight is 1610 g/mol.